The smallest absolute Gasteiger partial charge is 0.182 e. The quantitative estimate of drug-likeness (QED) is 0.456. The van der Waals surface area contributed by atoms with Gasteiger partial charge in [-0.25, -0.2) is 24.9 Å². The number of morpholine rings is 1. The third kappa shape index (κ3) is 4.04. The topological polar surface area (TPSA) is 122 Å². The van der Waals surface area contributed by atoms with E-state index >= 15 is 0 Å². The number of hydrogen-bond acceptors (Lipinski definition) is 9. The number of ether oxygens (including phenoxy) is 1. The summed E-state index contributed by atoms with van der Waals surface area (Å²) in [6, 6.07) is 11.5. The maximum Gasteiger partial charge on any atom is 0.182 e. The van der Waals surface area contributed by atoms with Crippen LogP contribution in [0.2, 0.25) is 0 Å². The van der Waals surface area contributed by atoms with Crippen LogP contribution in [0.3, 0.4) is 0 Å². The van der Waals surface area contributed by atoms with Crippen LogP contribution >= 0.6 is 0 Å². The molecule has 33 heavy (non-hydrogen) atoms. The average Bonchev–Trinajstić information content (AvgIpc) is 3.27. The maximum absolute atomic E-state index is 10.4. The molecule has 1 atom stereocenters. The molecule has 1 fully saturated rings. The van der Waals surface area contributed by atoms with E-state index in [-0.39, 0.29) is 0 Å². The number of rotatable bonds is 6. The zero-order valence-electron chi connectivity index (χ0n) is 18.3. The highest BCUT2D eigenvalue weighted by molar-refractivity contribution is 5.86. The molecule has 4 heterocycles. The van der Waals surface area contributed by atoms with Gasteiger partial charge in [-0.15, -0.1) is 0 Å². The van der Waals surface area contributed by atoms with Crippen LogP contribution < -0.4 is 4.90 Å². The highest BCUT2D eigenvalue weighted by atomic mass is 16.5. The van der Waals surface area contributed by atoms with Crippen LogP contribution in [0.4, 0.5) is 5.82 Å². The van der Waals surface area contributed by atoms with Crippen molar-refractivity contribution in [3.8, 4) is 22.9 Å². The van der Waals surface area contributed by atoms with Crippen LogP contribution in [0.15, 0.2) is 42.6 Å². The minimum Gasteiger partial charge on any atom is -0.393 e. The summed E-state index contributed by atoms with van der Waals surface area (Å²) in [4.78, 5) is 25.5. The molecule has 4 aromatic rings. The maximum atomic E-state index is 10.4. The van der Waals surface area contributed by atoms with Gasteiger partial charge < -0.3 is 24.4 Å². The summed E-state index contributed by atoms with van der Waals surface area (Å²) in [7, 11) is 0. The van der Waals surface area contributed by atoms with Gasteiger partial charge in [-0.1, -0.05) is 30.3 Å². The van der Waals surface area contributed by atoms with Crippen LogP contribution in [-0.2, 0) is 11.3 Å². The lowest BCUT2D eigenvalue weighted by atomic mass is 10.2. The molecule has 0 amide bonds. The van der Waals surface area contributed by atoms with E-state index in [1.54, 1.807) is 12.3 Å². The number of hydrogen-bond donors (Lipinski definition) is 2. The Morgan fingerprint density at radius 2 is 1.79 bits per heavy atom. The Morgan fingerprint density at radius 1 is 1.00 bits per heavy atom. The second-order valence-corrected chi connectivity index (χ2v) is 7.69. The fraction of sp³-hybridized carbons (Fsp3) is 0.348. The van der Waals surface area contributed by atoms with Crippen LogP contribution in [-0.4, -0.2) is 72.6 Å². The van der Waals surface area contributed by atoms with Gasteiger partial charge in [0.2, 0.25) is 0 Å². The first-order valence-electron chi connectivity index (χ1n) is 11.0. The SMILES string of the molecule is CCn1c(C(O)CO)nc2c(N3CCOCC3)nc(-c3ccnc(-c4ccccc4)n3)nc21. The molecule has 10 heteroatoms. The van der Waals surface area contributed by atoms with Crippen LogP contribution in [0.25, 0.3) is 34.1 Å². The van der Waals surface area contributed by atoms with Crippen molar-refractivity contribution in [2.24, 2.45) is 0 Å². The lowest BCUT2D eigenvalue weighted by molar-refractivity contribution is 0.0861. The summed E-state index contributed by atoms with van der Waals surface area (Å²) < 4.78 is 7.32. The minimum absolute atomic E-state index is 0.364. The summed E-state index contributed by atoms with van der Waals surface area (Å²) >= 11 is 0. The monoisotopic (exact) mass is 447 g/mol. The molecule has 1 aliphatic heterocycles. The normalized spacial score (nSPS) is 15.2. The predicted octanol–water partition coefficient (Wildman–Crippen LogP) is 1.83. The molecule has 0 radical (unpaired) electrons. The van der Waals surface area contributed by atoms with Gasteiger partial charge in [0, 0.05) is 31.4 Å². The van der Waals surface area contributed by atoms with Crippen molar-refractivity contribution in [3.05, 3.63) is 48.4 Å². The highest BCUT2D eigenvalue weighted by Gasteiger charge is 2.25. The number of aliphatic hydroxyl groups excluding tert-OH is 2. The fourth-order valence-electron chi connectivity index (χ4n) is 3.97. The van der Waals surface area contributed by atoms with Gasteiger partial charge in [0.15, 0.2) is 28.6 Å². The zero-order chi connectivity index (χ0) is 22.8. The first kappa shape index (κ1) is 21.4. The summed E-state index contributed by atoms with van der Waals surface area (Å²) in [6.45, 7) is 4.57. The van der Waals surface area contributed by atoms with E-state index < -0.39 is 12.7 Å². The summed E-state index contributed by atoms with van der Waals surface area (Å²) in [5.41, 5.74) is 2.67. The van der Waals surface area contributed by atoms with Gasteiger partial charge in [0.25, 0.3) is 0 Å². The van der Waals surface area contributed by atoms with Crippen molar-refractivity contribution in [1.82, 2.24) is 29.5 Å². The largest absolute Gasteiger partial charge is 0.393 e. The Hall–Kier alpha value is -3.47. The van der Waals surface area contributed by atoms with Crippen LogP contribution in [0, 0.1) is 0 Å². The standard InChI is InChI=1S/C23H25N7O3/c1-2-30-21(17(32)14-31)26-18-22(29-10-12-33-13-11-29)27-20(28-23(18)30)16-8-9-24-19(25-16)15-6-4-3-5-7-15/h3-9,17,31-32H,2,10-14H2,1H3. The molecule has 0 spiro atoms. The first-order valence-corrected chi connectivity index (χ1v) is 11.0. The van der Waals surface area contributed by atoms with E-state index in [4.69, 9.17) is 19.7 Å². The van der Waals surface area contributed by atoms with Crippen molar-refractivity contribution in [2.45, 2.75) is 19.6 Å². The molecular formula is C23H25N7O3. The van der Waals surface area contributed by atoms with Gasteiger partial charge in [-0.05, 0) is 13.0 Å². The Morgan fingerprint density at radius 3 is 2.52 bits per heavy atom. The lowest BCUT2D eigenvalue weighted by Gasteiger charge is -2.28. The Labute approximate surface area is 190 Å². The third-order valence-electron chi connectivity index (χ3n) is 5.62. The summed E-state index contributed by atoms with van der Waals surface area (Å²) in [5, 5.41) is 19.9. The van der Waals surface area contributed by atoms with Gasteiger partial charge in [-0.2, -0.15) is 0 Å². The zero-order valence-corrected chi connectivity index (χ0v) is 18.3. The van der Waals surface area contributed by atoms with Crippen molar-refractivity contribution in [1.29, 1.82) is 0 Å². The molecule has 5 rings (SSSR count). The molecule has 0 aliphatic carbocycles. The molecule has 3 aromatic heterocycles. The average molecular weight is 447 g/mol. The van der Waals surface area contributed by atoms with Gasteiger partial charge in [-0.3, -0.25) is 0 Å². The van der Waals surface area contributed by atoms with E-state index in [1.165, 1.54) is 0 Å². The molecular weight excluding hydrogens is 422 g/mol. The number of imidazole rings is 1. The molecule has 1 saturated heterocycles. The van der Waals surface area contributed by atoms with Crippen molar-refractivity contribution < 1.29 is 14.9 Å². The number of anilines is 1. The summed E-state index contributed by atoms with van der Waals surface area (Å²) in [5.74, 6) is 2.06. The van der Waals surface area contributed by atoms with Crippen molar-refractivity contribution >= 4 is 17.0 Å². The van der Waals surface area contributed by atoms with Gasteiger partial charge in [0.1, 0.15) is 17.6 Å². The number of nitrogens with zero attached hydrogens (tertiary/aromatic N) is 7. The second-order valence-electron chi connectivity index (χ2n) is 7.69. The van der Waals surface area contributed by atoms with E-state index in [0.717, 1.165) is 5.56 Å². The molecule has 10 nitrogen and oxygen atoms in total. The summed E-state index contributed by atoms with van der Waals surface area (Å²) in [6.07, 6.45) is 0.592. The molecule has 0 saturated carbocycles. The number of aliphatic hydroxyl groups is 2. The number of aromatic nitrogens is 6. The van der Waals surface area contributed by atoms with Crippen molar-refractivity contribution in [2.75, 3.05) is 37.8 Å². The Bertz CT molecular complexity index is 1260. The number of aryl methyl sites for hydroxylation is 1. The van der Waals surface area contributed by atoms with E-state index in [1.807, 2.05) is 41.8 Å². The van der Waals surface area contributed by atoms with E-state index in [9.17, 15) is 10.2 Å². The number of fused-ring (bicyclic) bond motifs is 1. The van der Waals surface area contributed by atoms with Crippen LogP contribution in [0.5, 0.6) is 0 Å². The Kier molecular flexibility index (Phi) is 5.95. The van der Waals surface area contributed by atoms with Gasteiger partial charge >= 0.3 is 0 Å². The minimum atomic E-state index is -1.11. The number of benzene rings is 1. The van der Waals surface area contributed by atoms with Gasteiger partial charge in [0.05, 0.1) is 19.8 Å². The molecule has 2 N–H and O–H groups in total. The van der Waals surface area contributed by atoms with E-state index in [2.05, 4.69) is 14.9 Å². The molecule has 170 valence electrons. The van der Waals surface area contributed by atoms with Crippen molar-refractivity contribution in [3.63, 3.8) is 0 Å². The molecule has 1 aliphatic rings. The second kappa shape index (κ2) is 9.18. The highest BCUT2D eigenvalue weighted by Crippen LogP contribution is 2.30. The first-order chi connectivity index (χ1) is 16.2. The van der Waals surface area contributed by atoms with E-state index in [0.29, 0.717) is 73.0 Å². The molecule has 0 bridgehead atoms. The molecule has 1 aromatic carbocycles. The van der Waals surface area contributed by atoms with Crippen LogP contribution in [0.1, 0.15) is 18.9 Å². The third-order valence-corrected chi connectivity index (χ3v) is 5.62. The predicted molar refractivity (Wildman–Crippen MR) is 123 cm³/mol. The fourth-order valence-corrected chi connectivity index (χ4v) is 3.97. The Balaban J connectivity index is 1.70. The molecule has 1 unspecified atom stereocenters. The lowest BCUT2D eigenvalue weighted by Crippen LogP contribution is -2.37.